The summed E-state index contributed by atoms with van der Waals surface area (Å²) in [6.07, 6.45) is 3.78. The van der Waals surface area contributed by atoms with E-state index in [2.05, 4.69) is 0 Å². The quantitative estimate of drug-likeness (QED) is 0.460. The lowest BCUT2D eigenvalue weighted by atomic mass is 10.2. The Hall–Kier alpha value is -1.73. The van der Waals surface area contributed by atoms with Gasteiger partial charge in [0.05, 0.1) is 4.91 Å². The van der Waals surface area contributed by atoms with Crippen LogP contribution in [0.25, 0.3) is 6.08 Å². The number of carbonyl (C=O) groups excluding carboxylic acids is 1. The van der Waals surface area contributed by atoms with Gasteiger partial charge in [0, 0.05) is 13.0 Å². The van der Waals surface area contributed by atoms with Crippen molar-refractivity contribution in [3.63, 3.8) is 0 Å². The monoisotopic (exact) mass is 353 g/mol. The molecule has 23 heavy (non-hydrogen) atoms. The third kappa shape index (κ3) is 5.14. The molecule has 1 saturated heterocycles. The molecule has 0 unspecified atom stereocenters. The lowest BCUT2D eigenvalue weighted by Gasteiger charge is -2.13. The van der Waals surface area contributed by atoms with E-state index in [1.807, 2.05) is 0 Å². The molecule has 1 aromatic carbocycles. The third-order valence-corrected chi connectivity index (χ3v) is 4.67. The number of hydrogen-bond acceptors (Lipinski definition) is 4. The predicted molar refractivity (Wildman–Crippen MR) is 92.4 cm³/mol. The first-order valence-electron chi connectivity index (χ1n) is 7.20. The number of carboxylic acids is 1. The van der Waals surface area contributed by atoms with Crippen molar-refractivity contribution in [3.05, 3.63) is 40.6 Å². The van der Waals surface area contributed by atoms with E-state index in [1.54, 1.807) is 18.2 Å². The molecule has 0 saturated carbocycles. The molecule has 0 spiro atoms. The van der Waals surface area contributed by atoms with E-state index in [9.17, 15) is 14.0 Å². The number of benzene rings is 1. The molecule has 4 nitrogen and oxygen atoms in total. The zero-order chi connectivity index (χ0) is 16.8. The highest BCUT2D eigenvalue weighted by atomic mass is 32.2. The van der Waals surface area contributed by atoms with E-state index in [0.29, 0.717) is 34.2 Å². The normalized spacial score (nSPS) is 16.4. The smallest absolute Gasteiger partial charge is 0.303 e. The van der Waals surface area contributed by atoms with Crippen molar-refractivity contribution in [2.45, 2.75) is 25.7 Å². The number of carbonyl (C=O) groups is 2. The number of amides is 1. The molecular formula is C16H16FNO3S2. The highest BCUT2D eigenvalue weighted by Crippen LogP contribution is 2.32. The SMILES string of the molecule is O=C(O)CCCCCN1C(=O)C(=Cc2cccc(F)c2)SC1=S. The Labute approximate surface area is 143 Å². The van der Waals surface area contributed by atoms with Crippen molar-refractivity contribution in [3.8, 4) is 0 Å². The second kappa shape index (κ2) is 8.21. The van der Waals surface area contributed by atoms with E-state index in [0.717, 1.165) is 6.42 Å². The number of halogens is 1. The largest absolute Gasteiger partial charge is 0.481 e. The molecule has 0 radical (unpaired) electrons. The molecule has 1 N–H and O–H groups in total. The minimum Gasteiger partial charge on any atom is -0.481 e. The van der Waals surface area contributed by atoms with Crippen LogP contribution < -0.4 is 0 Å². The number of thiocarbonyl (C=S) groups is 1. The Morgan fingerprint density at radius 1 is 1.35 bits per heavy atom. The molecule has 0 aromatic heterocycles. The van der Waals surface area contributed by atoms with Crippen LogP contribution in [0.4, 0.5) is 4.39 Å². The van der Waals surface area contributed by atoms with Crippen LogP contribution in [0.2, 0.25) is 0 Å². The van der Waals surface area contributed by atoms with Gasteiger partial charge in [-0.1, -0.05) is 42.5 Å². The molecule has 0 bridgehead atoms. The second-order valence-electron chi connectivity index (χ2n) is 5.09. The summed E-state index contributed by atoms with van der Waals surface area (Å²) in [5.74, 6) is -1.34. The van der Waals surface area contributed by atoms with Crippen molar-refractivity contribution < 1.29 is 19.1 Å². The number of nitrogens with zero attached hydrogens (tertiary/aromatic N) is 1. The molecule has 1 aromatic rings. The van der Waals surface area contributed by atoms with Gasteiger partial charge in [-0.2, -0.15) is 0 Å². The van der Waals surface area contributed by atoms with Crippen LogP contribution in [0, 0.1) is 5.82 Å². The molecular weight excluding hydrogens is 337 g/mol. The summed E-state index contributed by atoms with van der Waals surface area (Å²) in [6.45, 7) is 0.477. The van der Waals surface area contributed by atoms with Crippen LogP contribution in [0.15, 0.2) is 29.2 Å². The summed E-state index contributed by atoms with van der Waals surface area (Å²) in [7, 11) is 0. The minimum atomic E-state index is -0.811. The van der Waals surface area contributed by atoms with E-state index < -0.39 is 5.97 Å². The lowest BCUT2D eigenvalue weighted by molar-refractivity contribution is -0.137. The highest BCUT2D eigenvalue weighted by molar-refractivity contribution is 8.26. The van der Waals surface area contributed by atoms with Gasteiger partial charge in [-0.3, -0.25) is 14.5 Å². The second-order valence-corrected chi connectivity index (χ2v) is 6.77. The van der Waals surface area contributed by atoms with Crippen molar-refractivity contribution in [2.75, 3.05) is 6.54 Å². The van der Waals surface area contributed by atoms with E-state index in [1.165, 1.54) is 28.8 Å². The molecule has 7 heteroatoms. The maximum absolute atomic E-state index is 13.2. The zero-order valence-electron chi connectivity index (χ0n) is 12.3. The fourth-order valence-electron chi connectivity index (χ4n) is 2.16. The van der Waals surface area contributed by atoms with Crippen LogP contribution in [-0.4, -0.2) is 32.7 Å². The van der Waals surface area contributed by atoms with E-state index >= 15 is 0 Å². The Kier molecular flexibility index (Phi) is 6.29. The van der Waals surface area contributed by atoms with Gasteiger partial charge >= 0.3 is 5.97 Å². The fraction of sp³-hybridized carbons (Fsp3) is 0.312. The van der Waals surface area contributed by atoms with Crippen LogP contribution in [-0.2, 0) is 9.59 Å². The van der Waals surface area contributed by atoms with Crippen LogP contribution in [0.1, 0.15) is 31.2 Å². The van der Waals surface area contributed by atoms with Gasteiger partial charge < -0.3 is 5.11 Å². The zero-order valence-corrected chi connectivity index (χ0v) is 14.0. The topological polar surface area (TPSA) is 57.6 Å². The first-order chi connectivity index (χ1) is 11.0. The van der Waals surface area contributed by atoms with Crippen LogP contribution >= 0.6 is 24.0 Å². The molecule has 0 atom stereocenters. The van der Waals surface area contributed by atoms with Gasteiger partial charge in [-0.05, 0) is 36.6 Å². The van der Waals surface area contributed by atoms with Gasteiger partial charge in [-0.25, -0.2) is 4.39 Å². The molecule has 1 amide bonds. The minimum absolute atomic E-state index is 0.137. The number of thioether (sulfide) groups is 1. The molecule has 2 rings (SSSR count). The molecule has 122 valence electrons. The summed E-state index contributed by atoms with van der Waals surface area (Å²) < 4.78 is 13.7. The molecule has 1 aliphatic rings. The number of carboxylic acid groups (broad SMARTS) is 1. The van der Waals surface area contributed by atoms with Crippen molar-refractivity contribution in [1.82, 2.24) is 4.90 Å². The maximum atomic E-state index is 13.2. The van der Waals surface area contributed by atoms with Crippen LogP contribution in [0.3, 0.4) is 0 Å². The summed E-state index contributed by atoms with van der Waals surface area (Å²) in [6, 6.07) is 6.02. The van der Waals surface area contributed by atoms with Crippen molar-refractivity contribution >= 4 is 46.3 Å². The standard InChI is InChI=1S/C16H16FNO3S2/c17-12-6-4-5-11(9-12)10-13-15(21)18(16(22)23-13)8-3-1-2-7-14(19)20/h4-6,9-10H,1-3,7-8H2,(H,19,20). The van der Waals surface area contributed by atoms with Gasteiger partial charge in [0.1, 0.15) is 10.1 Å². The van der Waals surface area contributed by atoms with E-state index in [-0.39, 0.29) is 18.1 Å². The number of unbranched alkanes of at least 4 members (excludes halogenated alkanes) is 2. The lowest BCUT2D eigenvalue weighted by Crippen LogP contribution is -2.29. The average Bonchev–Trinajstić information content (AvgIpc) is 2.74. The van der Waals surface area contributed by atoms with Crippen LogP contribution in [0.5, 0.6) is 0 Å². The Bertz CT molecular complexity index is 660. The Morgan fingerprint density at radius 3 is 2.83 bits per heavy atom. The fourth-order valence-corrected chi connectivity index (χ4v) is 3.47. The van der Waals surface area contributed by atoms with Crippen molar-refractivity contribution in [2.24, 2.45) is 0 Å². The first kappa shape index (κ1) is 17.6. The maximum Gasteiger partial charge on any atom is 0.303 e. The predicted octanol–water partition coefficient (Wildman–Crippen LogP) is 3.67. The Morgan fingerprint density at radius 2 is 2.13 bits per heavy atom. The van der Waals surface area contributed by atoms with Gasteiger partial charge in [0.15, 0.2) is 0 Å². The first-order valence-corrected chi connectivity index (χ1v) is 8.42. The average molecular weight is 353 g/mol. The molecule has 1 fully saturated rings. The summed E-state index contributed by atoms with van der Waals surface area (Å²) >= 11 is 6.42. The van der Waals surface area contributed by atoms with Crippen molar-refractivity contribution in [1.29, 1.82) is 0 Å². The molecule has 1 heterocycles. The van der Waals surface area contributed by atoms with Gasteiger partial charge in [0.2, 0.25) is 0 Å². The Balaban J connectivity index is 1.93. The highest BCUT2D eigenvalue weighted by Gasteiger charge is 2.31. The van der Waals surface area contributed by atoms with E-state index in [4.69, 9.17) is 17.3 Å². The number of hydrogen-bond donors (Lipinski definition) is 1. The summed E-state index contributed by atoms with van der Waals surface area (Å²) in [5, 5.41) is 8.58. The number of aliphatic carboxylic acids is 1. The summed E-state index contributed by atoms with van der Waals surface area (Å²) in [5.41, 5.74) is 0.618. The molecule has 0 aliphatic carbocycles. The summed E-state index contributed by atoms with van der Waals surface area (Å²) in [4.78, 5) is 24.8. The van der Waals surface area contributed by atoms with Gasteiger partial charge in [0.25, 0.3) is 5.91 Å². The third-order valence-electron chi connectivity index (χ3n) is 3.29. The van der Waals surface area contributed by atoms with Gasteiger partial charge in [-0.15, -0.1) is 0 Å². The number of rotatable bonds is 7. The molecule has 1 aliphatic heterocycles.